The van der Waals surface area contributed by atoms with Gasteiger partial charge in [-0.05, 0) is 19.8 Å². The number of carboxylic acid groups (broad SMARTS) is 1. The molecule has 1 atom stereocenters. The van der Waals surface area contributed by atoms with Gasteiger partial charge in [0.25, 0.3) is 0 Å². The summed E-state index contributed by atoms with van der Waals surface area (Å²) in [7, 11) is -2.13. The molecule has 0 spiro atoms. The fourth-order valence-corrected chi connectivity index (χ4v) is 1.47. The van der Waals surface area contributed by atoms with Gasteiger partial charge in [0.15, 0.2) is 0 Å². The zero-order valence-electron chi connectivity index (χ0n) is 6.74. The minimum atomic E-state index is -2.13. The van der Waals surface area contributed by atoms with Crippen LogP contribution in [0.5, 0.6) is 0 Å². The average Bonchev–Trinajstić information content (AvgIpc) is 1.80. The molecular weight excluding hydrogens is 165 g/mol. The molecule has 0 rings (SSSR count). The molecule has 5 heteroatoms. The molecule has 0 aromatic rings. The molecule has 0 amide bonds. The van der Waals surface area contributed by atoms with Gasteiger partial charge in [-0.1, -0.05) is 0 Å². The van der Waals surface area contributed by atoms with Gasteiger partial charge in [0.1, 0.15) is 0 Å². The zero-order chi connectivity index (χ0) is 9.07. The minimum Gasteiger partial charge on any atom is -0.548 e. The van der Waals surface area contributed by atoms with E-state index in [0.717, 1.165) is 0 Å². The Kier molecular flexibility index (Phi) is 3.76. The highest BCUT2D eigenvalue weighted by molar-refractivity contribution is 7.62. The maximum absolute atomic E-state index is 11.1. The summed E-state index contributed by atoms with van der Waals surface area (Å²) in [6.45, 7) is 3.21. The smallest absolute Gasteiger partial charge is 0.0820 e. The first-order valence-corrected chi connectivity index (χ1v) is 6.12. The summed E-state index contributed by atoms with van der Waals surface area (Å²) in [5, 5.41) is 10.1. The lowest BCUT2D eigenvalue weighted by atomic mass is 10.2. The van der Waals surface area contributed by atoms with E-state index in [0.29, 0.717) is 6.16 Å². The molecule has 66 valence electrons. The van der Waals surface area contributed by atoms with Gasteiger partial charge < -0.3 is 20.2 Å². The Morgan fingerprint density at radius 2 is 2.09 bits per heavy atom. The van der Waals surface area contributed by atoms with E-state index >= 15 is 0 Å². The van der Waals surface area contributed by atoms with E-state index in [1.165, 1.54) is 0 Å². The van der Waals surface area contributed by atoms with Crippen molar-refractivity contribution in [1.29, 1.82) is 0 Å². The molecule has 2 N–H and O–H groups in total. The maximum Gasteiger partial charge on any atom is 0.0820 e. The second-order valence-corrected chi connectivity index (χ2v) is 6.61. The van der Waals surface area contributed by atoms with Crippen molar-refractivity contribution in [2.45, 2.75) is 12.5 Å². The third-order valence-corrected chi connectivity index (χ3v) is 2.62. The second-order valence-electron chi connectivity index (χ2n) is 3.01. The van der Waals surface area contributed by atoms with Gasteiger partial charge in [-0.15, -0.1) is 0 Å². The molecular formula is C6H13NO3P-. The summed E-state index contributed by atoms with van der Waals surface area (Å²) in [5.41, 5.74) is 5.14. The van der Waals surface area contributed by atoms with E-state index in [4.69, 9.17) is 5.73 Å². The summed E-state index contributed by atoms with van der Waals surface area (Å²) in [4.78, 5) is 10.1. The molecule has 0 saturated carbocycles. The summed E-state index contributed by atoms with van der Waals surface area (Å²) in [5.74, 6) is -1.28. The van der Waals surface area contributed by atoms with Crippen LogP contribution in [-0.2, 0) is 9.36 Å². The first-order chi connectivity index (χ1) is 4.83. The molecule has 0 radical (unpaired) electrons. The van der Waals surface area contributed by atoms with Crippen molar-refractivity contribution < 1.29 is 14.5 Å². The van der Waals surface area contributed by atoms with Gasteiger partial charge in [-0.3, -0.25) is 0 Å². The SMILES string of the molecule is CP(C)(=O)CCC(N)C(=O)[O-]. The number of aliphatic carboxylic acids is 1. The van der Waals surface area contributed by atoms with E-state index in [1.54, 1.807) is 13.3 Å². The molecule has 0 aliphatic carbocycles. The number of carbonyl (C=O) groups is 1. The predicted octanol–water partition coefficient (Wildman–Crippen LogP) is -0.924. The van der Waals surface area contributed by atoms with Gasteiger partial charge in [0.2, 0.25) is 0 Å². The van der Waals surface area contributed by atoms with E-state index < -0.39 is 19.2 Å². The average molecular weight is 178 g/mol. The van der Waals surface area contributed by atoms with Crippen LogP contribution in [0.15, 0.2) is 0 Å². The summed E-state index contributed by atoms with van der Waals surface area (Å²) < 4.78 is 11.1. The largest absolute Gasteiger partial charge is 0.548 e. The van der Waals surface area contributed by atoms with E-state index in [1.807, 2.05) is 0 Å². The Morgan fingerprint density at radius 3 is 2.36 bits per heavy atom. The first kappa shape index (κ1) is 10.7. The highest BCUT2D eigenvalue weighted by Gasteiger charge is 2.10. The van der Waals surface area contributed by atoms with Crippen molar-refractivity contribution in [3.63, 3.8) is 0 Å². The number of carbonyl (C=O) groups excluding carboxylic acids is 1. The molecule has 4 nitrogen and oxygen atoms in total. The molecule has 0 aromatic heterocycles. The van der Waals surface area contributed by atoms with Crippen LogP contribution in [0.25, 0.3) is 0 Å². The van der Waals surface area contributed by atoms with Gasteiger partial charge in [0.05, 0.1) is 13.1 Å². The van der Waals surface area contributed by atoms with Crippen molar-refractivity contribution in [3.05, 3.63) is 0 Å². The van der Waals surface area contributed by atoms with Crippen LogP contribution in [0.3, 0.4) is 0 Å². The highest BCUT2D eigenvalue weighted by Crippen LogP contribution is 2.36. The molecule has 0 bridgehead atoms. The predicted molar refractivity (Wildman–Crippen MR) is 41.9 cm³/mol. The molecule has 0 fully saturated rings. The fourth-order valence-electron chi connectivity index (χ4n) is 0.568. The standard InChI is InChI=1S/C6H14NO3P/c1-11(2,10)4-3-5(7)6(8)9/h5H,3-4,7H2,1-2H3,(H,8,9)/p-1. The third kappa shape index (κ3) is 6.07. The fraction of sp³-hybridized carbons (Fsp3) is 0.833. The normalized spacial score (nSPS) is 14.5. The Morgan fingerprint density at radius 1 is 1.64 bits per heavy atom. The lowest BCUT2D eigenvalue weighted by molar-refractivity contribution is -0.307. The number of rotatable bonds is 4. The summed E-state index contributed by atoms with van der Waals surface area (Å²) in [6, 6.07) is -0.983. The number of carboxylic acids is 1. The molecule has 0 saturated heterocycles. The van der Waals surface area contributed by atoms with Crippen LogP contribution < -0.4 is 10.8 Å². The van der Waals surface area contributed by atoms with Crippen LogP contribution in [0.2, 0.25) is 0 Å². The molecule has 0 aliphatic heterocycles. The highest BCUT2D eigenvalue weighted by atomic mass is 31.2. The van der Waals surface area contributed by atoms with Crippen LogP contribution in [-0.4, -0.2) is 31.5 Å². The molecule has 11 heavy (non-hydrogen) atoms. The summed E-state index contributed by atoms with van der Waals surface area (Å²) >= 11 is 0. The van der Waals surface area contributed by atoms with E-state index in [2.05, 4.69) is 0 Å². The molecule has 1 unspecified atom stereocenters. The zero-order valence-corrected chi connectivity index (χ0v) is 7.64. The lowest BCUT2D eigenvalue weighted by Gasteiger charge is -2.13. The van der Waals surface area contributed by atoms with Crippen molar-refractivity contribution in [2.24, 2.45) is 5.73 Å². The van der Waals surface area contributed by atoms with Gasteiger partial charge in [0, 0.05) is 12.2 Å². The Bertz CT molecular complexity index is 186. The second kappa shape index (κ2) is 3.88. The van der Waals surface area contributed by atoms with Gasteiger partial charge in [-0.25, -0.2) is 0 Å². The van der Waals surface area contributed by atoms with Crippen LogP contribution in [0.4, 0.5) is 0 Å². The topological polar surface area (TPSA) is 83.2 Å². The van der Waals surface area contributed by atoms with Crippen molar-refractivity contribution in [2.75, 3.05) is 19.5 Å². The van der Waals surface area contributed by atoms with Gasteiger partial charge >= 0.3 is 0 Å². The molecule has 0 heterocycles. The monoisotopic (exact) mass is 178 g/mol. The van der Waals surface area contributed by atoms with E-state index in [-0.39, 0.29) is 6.42 Å². The van der Waals surface area contributed by atoms with Crippen LogP contribution in [0, 0.1) is 0 Å². The van der Waals surface area contributed by atoms with Crippen molar-refractivity contribution >= 4 is 13.1 Å². The summed E-state index contributed by atoms with van der Waals surface area (Å²) in [6.07, 6.45) is 0.592. The quantitative estimate of drug-likeness (QED) is 0.564. The Balaban J connectivity index is 3.72. The van der Waals surface area contributed by atoms with Crippen LogP contribution in [0.1, 0.15) is 6.42 Å². The third-order valence-electron chi connectivity index (χ3n) is 1.28. The van der Waals surface area contributed by atoms with Crippen molar-refractivity contribution in [1.82, 2.24) is 0 Å². The van der Waals surface area contributed by atoms with E-state index in [9.17, 15) is 14.5 Å². The number of nitrogens with two attached hydrogens (primary N) is 1. The first-order valence-electron chi connectivity index (χ1n) is 3.33. The minimum absolute atomic E-state index is 0.229. The van der Waals surface area contributed by atoms with Crippen molar-refractivity contribution in [3.8, 4) is 0 Å². The molecule has 0 aliphatic rings. The lowest BCUT2D eigenvalue weighted by Crippen LogP contribution is -2.42. The molecule has 0 aromatic carbocycles. The number of hydrogen-bond acceptors (Lipinski definition) is 4. The Labute approximate surface area is 66.1 Å². The Hall–Kier alpha value is -0.340. The van der Waals surface area contributed by atoms with Gasteiger partial charge in [-0.2, -0.15) is 0 Å². The number of hydrogen-bond donors (Lipinski definition) is 1. The van der Waals surface area contributed by atoms with Crippen LogP contribution >= 0.6 is 7.14 Å². The maximum atomic E-state index is 11.1.